The van der Waals surface area contributed by atoms with Crippen LogP contribution in [0.5, 0.6) is 17.2 Å². The molecule has 2 aliphatic heterocycles. The summed E-state index contributed by atoms with van der Waals surface area (Å²) in [4.78, 5) is 39.1. The molecule has 0 aromatic heterocycles. The first-order chi connectivity index (χ1) is 18.8. The summed E-state index contributed by atoms with van der Waals surface area (Å²) < 4.78 is 31.8. The lowest BCUT2D eigenvalue weighted by atomic mass is 10.2. The molecule has 39 heavy (non-hydrogen) atoms. The second kappa shape index (κ2) is 11.8. The van der Waals surface area contributed by atoms with Gasteiger partial charge in [0.15, 0.2) is 11.5 Å². The fourth-order valence-corrected chi connectivity index (χ4v) is 6.11. The average molecular weight is 678 g/mol. The van der Waals surface area contributed by atoms with E-state index in [9.17, 15) is 18.8 Å². The first-order valence-corrected chi connectivity index (χ1v) is 14.0. The lowest BCUT2D eigenvalue weighted by molar-refractivity contribution is -0.127. The minimum absolute atomic E-state index is 0.0242. The number of rotatable bonds is 7. The summed E-state index contributed by atoms with van der Waals surface area (Å²) in [7, 11) is 0. The number of hydrogen-bond acceptors (Lipinski definition) is 7. The van der Waals surface area contributed by atoms with E-state index in [4.69, 9.17) is 14.2 Å². The Morgan fingerprint density at radius 2 is 1.77 bits per heavy atom. The topological polar surface area (TPSA) is 94.2 Å². The Balaban J connectivity index is 1.24. The molecule has 1 fully saturated rings. The molecular weight excluding hydrogens is 659 g/mol. The molecule has 12 heteroatoms. The van der Waals surface area contributed by atoms with Gasteiger partial charge in [-0.15, -0.1) is 0 Å². The van der Waals surface area contributed by atoms with E-state index in [1.807, 2.05) is 0 Å². The second-order valence-corrected chi connectivity index (χ2v) is 11.1. The number of benzene rings is 3. The van der Waals surface area contributed by atoms with Gasteiger partial charge in [-0.3, -0.25) is 19.3 Å². The van der Waals surface area contributed by atoms with Gasteiger partial charge in [0.05, 0.1) is 13.9 Å². The maximum absolute atomic E-state index is 13.9. The summed E-state index contributed by atoms with van der Waals surface area (Å²) in [6, 6.07) is 14.7. The molecule has 1 N–H and O–H groups in total. The van der Waals surface area contributed by atoms with E-state index in [1.54, 1.807) is 54.6 Å². The van der Waals surface area contributed by atoms with Gasteiger partial charge in [0.1, 0.15) is 37.9 Å². The summed E-state index contributed by atoms with van der Waals surface area (Å²) in [5, 5.41) is 2.12. The number of carbonyl (C=O) groups is 3. The zero-order valence-corrected chi connectivity index (χ0v) is 24.0. The fourth-order valence-electron chi connectivity index (χ4n) is 3.82. The molecule has 0 spiro atoms. The number of hydrogen-bond donors (Lipinski definition) is 1. The largest absolute Gasteiger partial charge is 0.486 e. The number of halogens is 3. The number of thioether (sulfide) groups is 1. The first kappa shape index (κ1) is 27.2. The Morgan fingerprint density at radius 1 is 1.05 bits per heavy atom. The highest BCUT2D eigenvalue weighted by Gasteiger charge is 2.36. The Morgan fingerprint density at radius 3 is 2.51 bits per heavy atom. The summed E-state index contributed by atoms with van der Waals surface area (Å²) >= 11 is 7.64. The van der Waals surface area contributed by atoms with Crippen molar-refractivity contribution in [3.63, 3.8) is 0 Å². The van der Waals surface area contributed by atoms with Gasteiger partial charge in [0.2, 0.25) is 5.91 Å². The Kier molecular flexibility index (Phi) is 8.24. The monoisotopic (exact) mass is 676 g/mol. The molecule has 2 aliphatic rings. The number of fused-ring (bicyclic) bond motifs is 1. The maximum atomic E-state index is 13.9. The number of carbonyl (C=O) groups excluding carboxylic acids is 3. The number of imide groups is 1. The van der Waals surface area contributed by atoms with Gasteiger partial charge in [-0.05, 0) is 85.6 Å². The third kappa shape index (κ3) is 6.29. The Hall–Kier alpha value is -3.35. The van der Waals surface area contributed by atoms with E-state index in [0.717, 1.165) is 16.7 Å². The predicted molar refractivity (Wildman–Crippen MR) is 151 cm³/mol. The minimum atomic E-state index is -0.575. The van der Waals surface area contributed by atoms with Crippen LogP contribution in [0, 0.1) is 5.82 Å². The van der Waals surface area contributed by atoms with E-state index in [-0.39, 0.29) is 17.3 Å². The Bertz CT molecular complexity index is 1490. The van der Waals surface area contributed by atoms with Crippen LogP contribution in [0.1, 0.15) is 11.1 Å². The molecule has 2 heterocycles. The van der Waals surface area contributed by atoms with Crippen molar-refractivity contribution in [3.05, 3.63) is 85.4 Å². The van der Waals surface area contributed by atoms with Gasteiger partial charge < -0.3 is 19.5 Å². The summed E-state index contributed by atoms with van der Waals surface area (Å²) in [6.45, 7) is 0.444. The van der Waals surface area contributed by atoms with E-state index in [0.29, 0.717) is 56.2 Å². The van der Waals surface area contributed by atoms with Gasteiger partial charge in [0, 0.05) is 17.3 Å². The van der Waals surface area contributed by atoms with Crippen LogP contribution in [0.3, 0.4) is 0 Å². The molecule has 0 saturated carbocycles. The van der Waals surface area contributed by atoms with Gasteiger partial charge in [-0.2, -0.15) is 0 Å². The molecular formula is C27H19Br2FN2O6S. The maximum Gasteiger partial charge on any atom is 0.294 e. The SMILES string of the molecule is O=C(CN1C(=O)S/C(=C/c2cc(Br)c(OCc3ccccc3F)c(Br)c2)C1=O)Nc1ccc2c(c1)OCCO2. The van der Waals surface area contributed by atoms with Crippen molar-refractivity contribution in [2.75, 3.05) is 25.1 Å². The lowest BCUT2D eigenvalue weighted by Gasteiger charge is -2.19. The van der Waals surface area contributed by atoms with Crippen molar-refractivity contribution in [3.8, 4) is 17.2 Å². The molecule has 3 aromatic carbocycles. The number of ether oxygens (including phenoxy) is 3. The lowest BCUT2D eigenvalue weighted by Crippen LogP contribution is -2.36. The highest BCUT2D eigenvalue weighted by molar-refractivity contribution is 9.11. The second-order valence-electron chi connectivity index (χ2n) is 8.37. The van der Waals surface area contributed by atoms with Crippen molar-refractivity contribution in [1.29, 1.82) is 0 Å². The zero-order valence-electron chi connectivity index (χ0n) is 20.0. The third-order valence-electron chi connectivity index (χ3n) is 5.65. The van der Waals surface area contributed by atoms with Gasteiger partial charge in [0.25, 0.3) is 11.1 Å². The van der Waals surface area contributed by atoms with Crippen LogP contribution in [0.15, 0.2) is 68.4 Å². The summed E-state index contributed by atoms with van der Waals surface area (Å²) in [5.41, 5.74) is 1.48. The molecule has 0 aliphatic carbocycles. The summed E-state index contributed by atoms with van der Waals surface area (Å²) in [6.07, 6.45) is 1.56. The van der Waals surface area contributed by atoms with Crippen molar-refractivity contribution in [1.82, 2.24) is 4.90 Å². The highest BCUT2D eigenvalue weighted by atomic mass is 79.9. The van der Waals surface area contributed by atoms with E-state index >= 15 is 0 Å². The number of amides is 3. The van der Waals surface area contributed by atoms with E-state index in [2.05, 4.69) is 37.2 Å². The van der Waals surface area contributed by atoms with Crippen LogP contribution < -0.4 is 19.5 Å². The summed E-state index contributed by atoms with van der Waals surface area (Å²) in [5.74, 6) is 0.0790. The molecule has 3 amide bonds. The van der Waals surface area contributed by atoms with Crippen molar-refractivity contribution >= 4 is 72.4 Å². The quantitative estimate of drug-likeness (QED) is 0.290. The smallest absolute Gasteiger partial charge is 0.294 e. The number of nitrogens with zero attached hydrogens (tertiary/aromatic N) is 1. The van der Waals surface area contributed by atoms with Crippen molar-refractivity contribution in [2.24, 2.45) is 0 Å². The molecule has 8 nitrogen and oxygen atoms in total. The molecule has 0 unspecified atom stereocenters. The fraction of sp³-hybridized carbons (Fsp3) is 0.148. The molecule has 0 bridgehead atoms. The van der Waals surface area contributed by atoms with E-state index in [1.165, 1.54) is 6.07 Å². The van der Waals surface area contributed by atoms with Crippen molar-refractivity contribution < 1.29 is 33.0 Å². The minimum Gasteiger partial charge on any atom is -0.486 e. The molecule has 0 radical (unpaired) electrons. The number of anilines is 1. The van der Waals surface area contributed by atoms with Crippen LogP contribution in [0.25, 0.3) is 6.08 Å². The molecule has 5 rings (SSSR count). The van der Waals surface area contributed by atoms with Gasteiger partial charge >= 0.3 is 0 Å². The molecule has 1 saturated heterocycles. The molecule has 3 aromatic rings. The predicted octanol–water partition coefficient (Wildman–Crippen LogP) is 6.38. The molecule has 0 atom stereocenters. The van der Waals surface area contributed by atoms with Crippen molar-refractivity contribution in [2.45, 2.75) is 6.61 Å². The Labute approximate surface area is 243 Å². The van der Waals surface area contributed by atoms with Gasteiger partial charge in [-0.25, -0.2) is 4.39 Å². The normalized spacial score (nSPS) is 15.6. The first-order valence-electron chi connectivity index (χ1n) is 11.6. The van der Waals surface area contributed by atoms with Crippen LogP contribution >= 0.6 is 43.6 Å². The van der Waals surface area contributed by atoms with Crippen LogP contribution in [0.2, 0.25) is 0 Å². The van der Waals surface area contributed by atoms with Crippen LogP contribution in [-0.4, -0.2) is 41.7 Å². The third-order valence-corrected chi connectivity index (χ3v) is 7.73. The van der Waals surface area contributed by atoms with Crippen LogP contribution in [0.4, 0.5) is 14.9 Å². The van der Waals surface area contributed by atoms with Crippen LogP contribution in [-0.2, 0) is 16.2 Å². The molecule has 200 valence electrons. The van der Waals surface area contributed by atoms with E-state index < -0.39 is 23.6 Å². The number of nitrogens with one attached hydrogen (secondary N) is 1. The average Bonchev–Trinajstić information content (AvgIpc) is 3.16. The van der Waals surface area contributed by atoms with Gasteiger partial charge in [-0.1, -0.05) is 18.2 Å². The zero-order chi connectivity index (χ0) is 27.5. The highest BCUT2D eigenvalue weighted by Crippen LogP contribution is 2.38. The standard InChI is InChI=1S/C27H19Br2FN2O6S/c28-18-9-15(10-19(29)25(18)38-14-16-3-1-2-4-20(16)30)11-23-26(34)32(27(35)39-23)13-24(33)31-17-5-6-21-22(12-17)37-8-7-36-21/h1-6,9-12H,7-8,13-14H2,(H,31,33)/b23-11+.